The van der Waals surface area contributed by atoms with Crippen molar-refractivity contribution in [2.75, 3.05) is 0 Å². The molecule has 2 nitrogen and oxygen atoms in total. The van der Waals surface area contributed by atoms with Crippen molar-refractivity contribution in [2.45, 2.75) is 13.0 Å². The van der Waals surface area contributed by atoms with Gasteiger partial charge in [0, 0.05) is 16.7 Å². The van der Waals surface area contributed by atoms with E-state index in [1.54, 1.807) is 30.3 Å². The third kappa shape index (κ3) is 4.83. The smallest absolute Gasteiger partial charge is 0.488 e. The van der Waals surface area contributed by atoms with Gasteiger partial charge in [-0.1, -0.05) is 54.5 Å². The highest BCUT2D eigenvalue weighted by molar-refractivity contribution is 5.76. The molecule has 0 heterocycles. The number of alkyl halides is 3. The average Bonchev–Trinajstić information content (AvgIpc) is 2.66. The molecule has 0 fully saturated rings. The Morgan fingerprint density at radius 3 is 2.19 bits per heavy atom. The van der Waals surface area contributed by atoms with Gasteiger partial charge in [0.05, 0.1) is 0 Å². The molecule has 0 aliphatic heterocycles. The summed E-state index contributed by atoms with van der Waals surface area (Å²) in [5.41, 5.74) is 2.22. The van der Waals surface area contributed by atoms with Gasteiger partial charge in [0.25, 0.3) is 0 Å². The van der Waals surface area contributed by atoms with Crippen molar-refractivity contribution >= 4 is 0 Å². The summed E-state index contributed by atoms with van der Waals surface area (Å²) in [5, 5.41) is 0. The molecular formula is C22H15F3O2. The van der Waals surface area contributed by atoms with Crippen molar-refractivity contribution in [3.63, 3.8) is 0 Å². The van der Waals surface area contributed by atoms with Gasteiger partial charge in [0.2, 0.25) is 0 Å². The molecule has 27 heavy (non-hydrogen) atoms. The molecule has 0 atom stereocenters. The van der Waals surface area contributed by atoms with Crippen molar-refractivity contribution < 1.29 is 22.6 Å². The van der Waals surface area contributed by atoms with Gasteiger partial charge in [-0.15, -0.1) is 19.6 Å². The lowest BCUT2D eigenvalue weighted by Gasteiger charge is -2.16. The first-order valence-electron chi connectivity index (χ1n) is 8.09. The highest BCUT2D eigenvalue weighted by Crippen LogP contribution is 2.39. The Morgan fingerprint density at radius 1 is 0.815 bits per heavy atom. The number of hydrogen-bond donors (Lipinski definition) is 0. The fraction of sp³-hybridized carbons (Fsp3) is 0.0909. The minimum atomic E-state index is -4.79. The summed E-state index contributed by atoms with van der Waals surface area (Å²) >= 11 is 0. The molecule has 0 bridgehead atoms. The first-order chi connectivity index (χ1) is 13.0. The Kier molecular flexibility index (Phi) is 5.37. The van der Waals surface area contributed by atoms with E-state index in [9.17, 15) is 13.2 Å². The van der Waals surface area contributed by atoms with Crippen LogP contribution in [0.5, 0.6) is 11.5 Å². The van der Waals surface area contributed by atoms with Crippen LogP contribution in [0.15, 0.2) is 72.8 Å². The Morgan fingerprint density at radius 2 is 1.48 bits per heavy atom. The molecule has 136 valence electrons. The van der Waals surface area contributed by atoms with Crippen LogP contribution >= 0.6 is 0 Å². The summed E-state index contributed by atoms with van der Waals surface area (Å²) in [4.78, 5) is 0. The van der Waals surface area contributed by atoms with Crippen LogP contribution in [-0.2, 0) is 6.61 Å². The minimum Gasteiger partial charge on any atom is -0.488 e. The Labute approximate surface area is 155 Å². The highest BCUT2D eigenvalue weighted by Gasteiger charge is 2.32. The maximum Gasteiger partial charge on any atom is 0.573 e. The number of ether oxygens (including phenoxy) is 2. The van der Waals surface area contributed by atoms with Crippen molar-refractivity contribution in [3.05, 3.63) is 83.9 Å². The van der Waals surface area contributed by atoms with Crippen LogP contribution in [0.4, 0.5) is 13.2 Å². The molecule has 0 spiro atoms. The number of hydrogen-bond acceptors (Lipinski definition) is 2. The maximum absolute atomic E-state index is 12.7. The van der Waals surface area contributed by atoms with E-state index in [4.69, 9.17) is 11.2 Å². The molecule has 0 saturated carbocycles. The topological polar surface area (TPSA) is 18.5 Å². The predicted molar refractivity (Wildman–Crippen MR) is 97.3 cm³/mol. The van der Waals surface area contributed by atoms with Crippen LogP contribution in [0.1, 0.15) is 11.1 Å². The zero-order valence-electron chi connectivity index (χ0n) is 14.2. The summed E-state index contributed by atoms with van der Waals surface area (Å²) in [7, 11) is 0. The molecule has 0 amide bonds. The zero-order valence-corrected chi connectivity index (χ0v) is 14.2. The third-order valence-corrected chi connectivity index (χ3v) is 3.79. The van der Waals surface area contributed by atoms with E-state index in [1.807, 2.05) is 30.3 Å². The van der Waals surface area contributed by atoms with Crippen LogP contribution in [0.2, 0.25) is 0 Å². The molecule has 0 saturated heterocycles. The Hall–Kier alpha value is -3.39. The molecule has 3 aromatic rings. The number of para-hydroxylation sites is 1. The molecular weight excluding hydrogens is 353 g/mol. The monoisotopic (exact) mass is 368 g/mol. The second kappa shape index (κ2) is 7.88. The van der Waals surface area contributed by atoms with E-state index in [0.29, 0.717) is 16.9 Å². The Bertz CT molecular complexity index is 957. The molecule has 0 aromatic heterocycles. The van der Waals surface area contributed by atoms with E-state index in [0.717, 1.165) is 5.56 Å². The van der Waals surface area contributed by atoms with Crippen LogP contribution < -0.4 is 9.47 Å². The van der Waals surface area contributed by atoms with Crippen molar-refractivity contribution in [1.29, 1.82) is 0 Å². The van der Waals surface area contributed by atoms with Gasteiger partial charge in [-0.05, 0) is 29.8 Å². The zero-order chi connectivity index (χ0) is 19.3. The highest BCUT2D eigenvalue weighted by atomic mass is 19.4. The fourth-order valence-corrected chi connectivity index (χ4v) is 2.59. The summed E-state index contributed by atoms with van der Waals surface area (Å²) in [6.07, 6.45) is 0.657. The van der Waals surface area contributed by atoms with Crippen LogP contribution in [0, 0.1) is 12.3 Å². The molecule has 0 radical (unpaired) electrons. The molecule has 3 rings (SSSR count). The lowest BCUT2D eigenvalue weighted by molar-refractivity contribution is -0.274. The normalized spacial score (nSPS) is 10.9. The first kappa shape index (κ1) is 18.4. The average molecular weight is 368 g/mol. The van der Waals surface area contributed by atoms with Gasteiger partial charge in [-0.3, -0.25) is 0 Å². The molecule has 0 aliphatic carbocycles. The van der Waals surface area contributed by atoms with Gasteiger partial charge in [-0.25, -0.2) is 0 Å². The lowest BCUT2D eigenvalue weighted by Crippen LogP contribution is -2.17. The number of terminal acetylenes is 1. The summed E-state index contributed by atoms with van der Waals surface area (Å²) < 4.78 is 48.3. The predicted octanol–water partition coefficient (Wildman–Crippen LogP) is 5.81. The van der Waals surface area contributed by atoms with Crippen molar-refractivity contribution in [3.8, 4) is 35.0 Å². The van der Waals surface area contributed by atoms with Gasteiger partial charge < -0.3 is 9.47 Å². The fourth-order valence-electron chi connectivity index (χ4n) is 2.59. The minimum absolute atomic E-state index is 0.254. The largest absolute Gasteiger partial charge is 0.573 e. The molecule has 3 aromatic carbocycles. The van der Waals surface area contributed by atoms with Crippen LogP contribution in [0.25, 0.3) is 11.1 Å². The molecule has 0 aliphatic rings. The van der Waals surface area contributed by atoms with E-state index >= 15 is 0 Å². The van der Waals surface area contributed by atoms with Crippen LogP contribution in [0.3, 0.4) is 0 Å². The maximum atomic E-state index is 12.7. The quantitative estimate of drug-likeness (QED) is 0.529. The van der Waals surface area contributed by atoms with Crippen LogP contribution in [-0.4, -0.2) is 6.36 Å². The molecule has 5 heteroatoms. The van der Waals surface area contributed by atoms with E-state index < -0.39 is 6.36 Å². The second-order valence-corrected chi connectivity index (χ2v) is 5.67. The van der Waals surface area contributed by atoms with Gasteiger partial charge in [0.1, 0.15) is 18.1 Å². The van der Waals surface area contributed by atoms with E-state index in [1.165, 1.54) is 12.1 Å². The van der Waals surface area contributed by atoms with Gasteiger partial charge in [0.15, 0.2) is 0 Å². The van der Waals surface area contributed by atoms with Gasteiger partial charge >= 0.3 is 6.36 Å². The Balaban J connectivity index is 2.00. The number of benzene rings is 3. The van der Waals surface area contributed by atoms with E-state index in [2.05, 4.69) is 10.7 Å². The standard InChI is InChI=1S/C22H15F3O2/c1-2-16-12-13-19(18-10-6-7-11-20(18)27-22(23,24)25)21(14-16)26-15-17-8-4-3-5-9-17/h1,3-14H,15H2. The first-order valence-corrected chi connectivity index (χ1v) is 8.09. The van der Waals surface area contributed by atoms with Crippen molar-refractivity contribution in [2.24, 2.45) is 0 Å². The second-order valence-electron chi connectivity index (χ2n) is 5.67. The summed E-state index contributed by atoms with van der Waals surface area (Å²) in [6, 6.07) is 20.3. The third-order valence-electron chi connectivity index (χ3n) is 3.79. The number of rotatable bonds is 5. The SMILES string of the molecule is C#Cc1ccc(-c2ccccc2OC(F)(F)F)c(OCc2ccccc2)c1. The lowest BCUT2D eigenvalue weighted by atomic mass is 10.0. The van der Waals surface area contributed by atoms with E-state index in [-0.39, 0.29) is 17.9 Å². The number of halogens is 3. The van der Waals surface area contributed by atoms with Crippen molar-refractivity contribution in [1.82, 2.24) is 0 Å². The van der Waals surface area contributed by atoms with Gasteiger partial charge in [-0.2, -0.15) is 0 Å². The summed E-state index contributed by atoms with van der Waals surface area (Å²) in [6.45, 7) is 0.254. The molecule has 0 unspecified atom stereocenters. The molecule has 0 N–H and O–H groups in total. The summed E-state index contributed by atoms with van der Waals surface area (Å²) in [5.74, 6) is 2.59.